The molecule has 2 aromatic rings. The number of hydrogen-bond donors (Lipinski definition) is 2. The van der Waals surface area contributed by atoms with E-state index < -0.39 is 0 Å². The smallest absolute Gasteiger partial charge is 0.137 e. The Morgan fingerprint density at radius 2 is 2.42 bits per heavy atom. The maximum absolute atomic E-state index is 13.8. The molecule has 1 aromatic carbocycles. The minimum atomic E-state index is -0.103. The Bertz CT molecular complexity index is 582. The summed E-state index contributed by atoms with van der Waals surface area (Å²) < 4.78 is 13.8. The van der Waals surface area contributed by atoms with E-state index in [0.29, 0.717) is 0 Å². The van der Waals surface area contributed by atoms with Crippen LogP contribution in [0.5, 0.6) is 0 Å². The van der Waals surface area contributed by atoms with Crippen molar-refractivity contribution in [2.75, 3.05) is 5.75 Å². The van der Waals surface area contributed by atoms with Gasteiger partial charge in [0, 0.05) is 28.7 Å². The van der Waals surface area contributed by atoms with Crippen molar-refractivity contribution in [3.05, 3.63) is 47.0 Å². The maximum Gasteiger partial charge on any atom is 0.137 e. The van der Waals surface area contributed by atoms with Crippen LogP contribution in [0, 0.1) is 12.7 Å². The van der Waals surface area contributed by atoms with Crippen LogP contribution in [-0.2, 0) is 6.54 Å². The van der Waals surface area contributed by atoms with Gasteiger partial charge in [-0.3, -0.25) is 5.10 Å². The Hall–Kier alpha value is -1.33. The molecule has 3 rings (SSSR count). The van der Waals surface area contributed by atoms with Crippen LogP contribution in [0.4, 0.5) is 4.39 Å². The van der Waals surface area contributed by atoms with Gasteiger partial charge in [-0.05, 0) is 30.7 Å². The van der Waals surface area contributed by atoms with Crippen LogP contribution >= 0.6 is 11.8 Å². The van der Waals surface area contributed by atoms with E-state index in [1.807, 2.05) is 19.2 Å². The first-order valence-electron chi connectivity index (χ1n) is 6.39. The molecule has 0 fully saturated rings. The highest BCUT2D eigenvalue weighted by Crippen LogP contribution is 2.37. The Labute approximate surface area is 116 Å². The first-order valence-corrected chi connectivity index (χ1v) is 7.37. The first-order chi connectivity index (χ1) is 9.25. The molecule has 0 saturated heterocycles. The zero-order valence-corrected chi connectivity index (χ0v) is 11.6. The molecule has 0 radical (unpaired) electrons. The Morgan fingerprint density at radius 3 is 3.21 bits per heavy atom. The summed E-state index contributed by atoms with van der Waals surface area (Å²) in [7, 11) is 0. The lowest BCUT2D eigenvalue weighted by Gasteiger charge is -2.26. The van der Waals surface area contributed by atoms with Crippen LogP contribution in [0.25, 0.3) is 0 Å². The molecule has 2 N–H and O–H groups in total. The van der Waals surface area contributed by atoms with Gasteiger partial charge in [-0.15, -0.1) is 11.8 Å². The monoisotopic (exact) mass is 277 g/mol. The number of rotatable bonds is 3. The van der Waals surface area contributed by atoms with Crippen molar-refractivity contribution in [3.63, 3.8) is 0 Å². The molecule has 100 valence electrons. The molecule has 3 nitrogen and oxygen atoms in total. The molecule has 2 heterocycles. The lowest BCUT2D eigenvalue weighted by Crippen LogP contribution is -2.24. The quantitative estimate of drug-likeness (QED) is 0.905. The van der Waals surface area contributed by atoms with E-state index in [9.17, 15) is 4.39 Å². The fourth-order valence-corrected chi connectivity index (χ4v) is 3.53. The Balaban J connectivity index is 1.77. The van der Waals surface area contributed by atoms with Gasteiger partial charge in [0.05, 0.1) is 6.20 Å². The molecule has 1 aliphatic rings. The third-order valence-corrected chi connectivity index (χ3v) is 4.66. The van der Waals surface area contributed by atoms with Gasteiger partial charge in [0.25, 0.3) is 0 Å². The topological polar surface area (TPSA) is 40.7 Å². The molecule has 0 unspecified atom stereocenters. The number of aromatic nitrogens is 2. The van der Waals surface area contributed by atoms with E-state index in [1.54, 1.807) is 17.8 Å². The van der Waals surface area contributed by atoms with Crippen LogP contribution in [0.3, 0.4) is 0 Å². The third kappa shape index (κ3) is 2.53. The van der Waals surface area contributed by atoms with E-state index in [4.69, 9.17) is 0 Å². The molecule has 0 bridgehead atoms. The summed E-state index contributed by atoms with van der Waals surface area (Å²) in [6.45, 7) is 2.77. The predicted octanol–water partition coefficient (Wildman–Crippen LogP) is 3.18. The summed E-state index contributed by atoms with van der Waals surface area (Å²) in [4.78, 5) is 0.801. The van der Waals surface area contributed by atoms with Gasteiger partial charge in [-0.1, -0.05) is 12.1 Å². The van der Waals surface area contributed by atoms with E-state index in [0.717, 1.165) is 40.4 Å². The van der Waals surface area contributed by atoms with Gasteiger partial charge < -0.3 is 5.32 Å². The molecule has 0 amide bonds. The lowest BCUT2D eigenvalue weighted by atomic mass is 10.0. The number of fused-ring (bicyclic) bond motifs is 1. The van der Waals surface area contributed by atoms with Crippen molar-refractivity contribution in [1.29, 1.82) is 0 Å². The van der Waals surface area contributed by atoms with E-state index in [1.165, 1.54) is 6.07 Å². The van der Waals surface area contributed by atoms with Gasteiger partial charge in [0.15, 0.2) is 0 Å². The zero-order chi connectivity index (χ0) is 13.2. The number of thioether (sulfide) groups is 1. The highest BCUT2D eigenvalue weighted by Gasteiger charge is 2.22. The highest BCUT2D eigenvalue weighted by molar-refractivity contribution is 7.99. The summed E-state index contributed by atoms with van der Waals surface area (Å²) in [6, 6.07) is 5.57. The van der Waals surface area contributed by atoms with E-state index >= 15 is 0 Å². The van der Waals surface area contributed by atoms with Crippen LogP contribution < -0.4 is 5.32 Å². The Kier molecular flexibility index (Phi) is 3.57. The minimum Gasteiger partial charge on any atom is -0.306 e. The highest BCUT2D eigenvalue weighted by atomic mass is 32.2. The summed E-state index contributed by atoms with van der Waals surface area (Å²) in [5.74, 6) is 0.851. The molecular formula is C14H16FN3S. The van der Waals surface area contributed by atoms with Gasteiger partial charge in [0.2, 0.25) is 0 Å². The van der Waals surface area contributed by atoms with Crippen LogP contribution in [0.2, 0.25) is 0 Å². The van der Waals surface area contributed by atoms with Gasteiger partial charge in [-0.25, -0.2) is 4.39 Å². The number of aryl methyl sites for hydroxylation is 1. The van der Waals surface area contributed by atoms with Crippen molar-refractivity contribution in [2.24, 2.45) is 0 Å². The average Bonchev–Trinajstić information content (AvgIpc) is 2.82. The SMILES string of the molecule is Cc1[nH]ncc1CN[C@H]1CCSc2c(F)cccc21. The molecule has 1 atom stereocenters. The largest absolute Gasteiger partial charge is 0.306 e. The fraction of sp³-hybridized carbons (Fsp3) is 0.357. The van der Waals surface area contributed by atoms with Crippen LogP contribution in [0.15, 0.2) is 29.3 Å². The second-order valence-corrected chi connectivity index (χ2v) is 5.85. The number of aromatic amines is 1. The van der Waals surface area contributed by atoms with Gasteiger partial charge >= 0.3 is 0 Å². The van der Waals surface area contributed by atoms with E-state index in [2.05, 4.69) is 15.5 Å². The van der Waals surface area contributed by atoms with E-state index in [-0.39, 0.29) is 11.9 Å². The summed E-state index contributed by atoms with van der Waals surface area (Å²) in [5.41, 5.74) is 3.32. The second-order valence-electron chi connectivity index (χ2n) is 4.75. The number of nitrogens with one attached hydrogen (secondary N) is 2. The Morgan fingerprint density at radius 1 is 1.53 bits per heavy atom. The molecule has 5 heteroatoms. The summed E-state index contributed by atoms with van der Waals surface area (Å²) in [6.07, 6.45) is 2.87. The van der Waals surface area contributed by atoms with Gasteiger partial charge in [-0.2, -0.15) is 5.10 Å². The van der Waals surface area contributed by atoms with Crippen molar-refractivity contribution >= 4 is 11.8 Å². The summed E-state index contributed by atoms with van der Waals surface area (Å²) >= 11 is 1.61. The molecule has 0 saturated carbocycles. The number of nitrogens with zero attached hydrogens (tertiary/aromatic N) is 1. The van der Waals surface area contributed by atoms with Crippen molar-refractivity contribution in [1.82, 2.24) is 15.5 Å². The molecule has 1 aromatic heterocycles. The maximum atomic E-state index is 13.8. The standard InChI is InChI=1S/C14H16FN3S/c1-9-10(8-17-18-9)7-16-13-5-6-19-14-11(13)3-2-4-12(14)15/h2-4,8,13,16H,5-7H2,1H3,(H,17,18)/t13-/m0/s1. The summed E-state index contributed by atoms with van der Waals surface area (Å²) in [5, 5.41) is 10.5. The lowest BCUT2D eigenvalue weighted by molar-refractivity contribution is 0.496. The predicted molar refractivity (Wildman–Crippen MR) is 74.6 cm³/mol. The second kappa shape index (κ2) is 5.35. The normalized spacial score (nSPS) is 18.3. The number of hydrogen-bond acceptors (Lipinski definition) is 3. The molecular weight excluding hydrogens is 261 g/mol. The zero-order valence-electron chi connectivity index (χ0n) is 10.7. The molecule has 19 heavy (non-hydrogen) atoms. The molecule has 0 spiro atoms. The fourth-order valence-electron chi connectivity index (χ4n) is 2.39. The van der Waals surface area contributed by atoms with Crippen LogP contribution in [0.1, 0.15) is 29.3 Å². The number of halogens is 1. The first kappa shape index (κ1) is 12.7. The van der Waals surface area contributed by atoms with Crippen molar-refractivity contribution < 1.29 is 4.39 Å². The third-order valence-electron chi connectivity index (χ3n) is 3.50. The molecule has 0 aliphatic carbocycles. The van der Waals surface area contributed by atoms with Crippen molar-refractivity contribution in [2.45, 2.75) is 30.8 Å². The van der Waals surface area contributed by atoms with Crippen molar-refractivity contribution in [3.8, 4) is 0 Å². The van der Waals surface area contributed by atoms with Gasteiger partial charge in [0.1, 0.15) is 5.82 Å². The average molecular weight is 277 g/mol. The van der Waals surface area contributed by atoms with Crippen LogP contribution in [-0.4, -0.2) is 16.0 Å². The number of benzene rings is 1. The minimum absolute atomic E-state index is 0.103. The number of H-pyrrole nitrogens is 1. The molecule has 1 aliphatic heterocycles.